The van der Waals surface area contributed by atoms with Crippen LogP contribution in [0.5, 0.6) is 0 Å². The molecule has 1 saturated carbocycles. The third kappa shape index (κ3) is 10.4. The van der Waals surface area contributed by atoms with Crippen molar-refractivity contribution in [3.05, 3.63) is 0 Å². The van der Waals surface area contributed by atoms with Gasteiger partial charge in [0.2, 0.25) is 0 Å². The highest BCUT2D eigenvalue weighted by atomic mass is 19.4. The first-order chi connectivity index (χ1) is 10.6. The smallest absolute Gasteiger partial charge is 0.407 e. The lowest BCUT2D eigenvalue weighted by Gasteiger charge is -2.30. The van der Waals surface area contributed by atoms with E-state index in [2.05, 4.69) is 10.6 Å². The third-order valence-corrected chi connectivity index (χ3v) is 3.84. The van der Waals surface area contributed by atoms with Crippen molar-refractivity contribution < 1.29 is 22.7 Å². The van der Waals surface area contributed by atoms with E-state index >= 15 is 0 Å². The fourth-order valence-electron chi connectivity index (χ4n) is 2.85. The van der Waals surface area contributed by atoms with E-state index in [0.29, 0.717) is 24.9 Å². The van der Waals surface area contributed by atoms with Crippen LogP contribution in [-0.2, 0) is 4.74 Å². The van der Waals surface area contributed by atoms with Gasteiger partial charge in [-0.2, -0.15) is 13.2 Å². The first-order valence-electron chi connectivity index (χ1n) is 8.29. The van der Waals surface area contributed by atoms with Crippen LogP contribution in [0.4, 0.5) is 18.0 Å². The molecule has 0 unspecified atom stereocenters. The van der Waals surface area contributed by atoms with Crippen LogP contribution in [0.25, 0.3) is 0 Å². The summed E-state index contributed by atoms with van der Waals surface area (Å²) in [5.41, 5.74) is -0.512. The summed E-state index contributed by atoms with van der Waals surface area (Å²) in [7, 11) is 0. The van der Waals surface area contributed by atoms with Gasteiger partial charge in [-0.3, -0.25) is 0 Å². The van der Waals surface area contributed by atoms with Crippen molar-refractivity contribution in [2.75, 3.05) is 19.6 Å². The van der Waals surface area contributed by atoms with Gasteiger partial charge < -0.3 is 15.4 Å². The molecule has 1 fully saturated rings. The maximum absolute atomic E-state index is 12.1. The standard InChI is InChI=1S/C16H29F3N2O2/c1-15(2,3)23-14(22)21-11-13-6-4-5-12(9-13)10-20-8-7-16(17,18)19/h12-13,20H,4-11H2,1-3H3,(H,21,22)/t12-,13+/m1/s1. The van der Waals surface area contributed by atoms with Crippen LogP contribution in [0.3, 0.4) is 0 Å². The van der Waals surface area contributed by atoms with E-state index in [1.165, 1.54) is 0 Å². The number of halogens is 3. The molecule has 4 nitrogen and oxygen atoms in total. The van der Waals surface area contributed by atoms with Gasteiger partial charge in [0.1, 0.15) is 5.60 Å². The molecule has 0 saturated heterocycles. The van der Waals surface area contributed by atoms with Crippen molar-refractivity contribution in [3.8, 4) is 0 Å². The number of hydrogen-bond donors (Lipinski definition) is 2. The Morgan fingerprint density at radius 1 is 1.13 bits per heavy atom. The van der Waals surface area contributed by atoms with Gasteiger partial charge >= 0.3 is 12.3 Å². The molecule has 0 aromatic heterocycles. The van der Waals surface area contributed by atoms with Crippen molar-refractivity contribution in [3.63, 3.8) is 0 Å². The van der Waals surface area contributed by atoms with Crippen LogP contribution in [0.2, 0.25) is 0 Å². The molecule has 136 valence electrons. The number of alkyl halides is 3. The molecule has 1 aliphatic carbocycles. The summed E-state index contributed by atoms with van der Waals surface area (Å²) in [6.07, 6.45) is -1.26. The van der Waals surface area contributed by atoms with E-state index in [-0.39, 0.29) is 6.54 Å². The zero-order valence-corrected chi connectivity index (χ0v) is 14.3. The average molecular weight is 338 g/mol. The number of rotatable bonds is 6. The Balaban J connectivity index is 2.20. The number of carbonyl (C=O) groups is 1. The molecule has 0 aromatic rings. The lowest BCUT2D eigenvalue weighted by Crippen LogP contribution is -2.37. The van der Waals surface area contributed by atoms with Crippen molar-refractivity contribution in [1.82, 2.24) is 10.6 Å². The van der Waals surface area contributed by atoms with Crippen molar-refractivity contribution in [2.24, 2.45) is 11.8 Å². The molecule has 7 heteroatoms. The number of nitrogens with one attached hydrogen (secondary N) is 2. The van der Waals surface area contributed by atoms with Crippen LogP contribution >= 0.6 is 0 Å². The molecule has 1 rings (SSSR count). The molecular weight excluding hydrogens is 309 g/mol. The second kappa shape index (κ2) is 8.76. The Labute approximate surface area is 136 Å². The van der Waals surface area contributed by atoms with E-state index in [1.54, 1.807) is 0 Å². The zero-order chi connectivity index (χ0) is 17.5. The molecule has 1 amide bonds. The first kappa shape index (κ1) is 20.1. The molecule has 0 aromatic carbocycles. The SMILES string of the molecule is CC(C)(C)OC(=O)NC[C@H]1CCC[C@@H](CNCCC(F)(F)F)C1. The first-order valence-corrected chi connectivity index (χ1v) is 8.29. The minimum Gasteiger partial charge on any atom is -0.444 e. The second-order valence-electron chi connectivity index (χ2n) is 7.35. The molecule has 23 heavy (non-hydrogen) atoms. The van der Waals surface area contributed by atoms with Crippen LogP contribution in [0.1, 0.15) is 52.9 Å². The van der Waals surface area contributed by atoms with E-state index in [4.69, 9.17) is 4.74 Å². The summed E-state index contributed by atoms with van der Waals surface area (Å²) in [6.45, 7) is 6.59. The highest BCUT2D eigenvalue weighted by Crippen LogP contribution is 2.28. The molecule has 0 aliphatic heterocycles. The molecule has 0 bridgehead atoms. The topological polar surface area (TPSA) is 50.4 Å². The van der Waals surface area contributed by atoms with Gasteiger partial charge in [-0.25, -0.2) is 4.79 Å². The fourth-order valence-corrected chi connectivity index (χ4v) is 2.85. The Morgan fingerprint density at radius 2 is 1.74 bits per heavy atom. The monoisotopic (exact) mass is 338 g/mol. The molecular formula is C16H29F3N2O2. The van der Waals surface area contributed by atoms with Gasteiger partial charge in [0.15, 0.2) is 0 Å². The van der Waals surface area contributed by atoms with E-state index < -0.39 is 24.3 Å². The minimum absolute atomic E-state index is 0.0270. The third-order valence-electron chi connectivity index (χ3n) is 3.84. The molecule has 1 aliphatic rings. The van der Waals surface area contributed by atoms with Crippen LogP contribution in [0.15, 0.2) is 0 Å². The summed E-state index contributed by atoms with van der Waals surface area (Å²) < 4.78 is 41.5. The summed E-state index contributed by atoms with van der Waals surface area (Å²) in [6, 6.07) is 0. The summed E-state index contributed by atoms with van der Waals surface area (Å²) >= 11 is 0. The minimum atomic E-state index is -4.10. The normalized spacial score (nSPS) is 22.7. The van der Waals surface area contributed by atoms with Crippen molar-refractivity contribution in [1.29, 1.82) is 0 Å². The maximum Gasteiger partial charge on any atom is 0.407 e. The van der Waals surface area contributed by atoms with Gasteiger partial charge in [0.05, 0.1) is 6.42 Å². The summed E-state index contributed by atoms with van der Waals surface area (Å²) in [4.78, 5) is 11.6. The van der Waals surface area contributed by atoms with Gasteiger partial charge in [0, 0.05) is 13.1 Å². The van der Waals surface area contributed by atoms with Gasteiger partial charge in [-0.1, -0.05) is 6.42 Å². The van der Waals surface area contributed by atoms with Crippen LogP contribution in [0, 0.1) is 11.8 Å². The Hall–Kier alpha value is -0.980. The number of ether oxygens (including phenoxy) is 1. The largest absolute Gasteiger partial charge is 0.444 e. The zero-order valence-electron chi connectivity index (χ0n) is 14.3. The molecule has 0 spiro atoms. The summed E-state index contributed by atoms with van der Waals surface area (Å²) in [5, 5.41) is 5.68. The molecule has 0 heterocycles. The van der Waals surface area contributed by atoms with E-state index in [1.807, 2.05) is 20.8 Å². The predicted octanol–water partition coefficient (Wildman–Crippen LogP) is 3.86. The number of hydrogen-bond acceptors (Lipinski definition) is 3. The van der Waals surface area contributed by atoms with Gasteiger partial charge in [-0.15, -0.1) is 0 Å². The fraction of sp³-hybridized carbons (Fsp3) is 0.938. The molecule has 2 atom stereocenters. The Bertz CT molecular complexity index is 367. The van der Waals surface area contributed by atoms with Crippen LogP contribution in [-0.4, -0.2) is 37.5 Å². The lowest BCUT2D eigenvalue weighted by molar-refractivity contribution is -0.133. The Kier molecular flexibility index (Phi) is 7.64. The van der Waals surface area contributed by atoms with Gasteiger partial charge in [0.25, 0.3) is 0 Å². The predicted molar refractivity (Wildman–Crippen MR) is 83.2 cm³/mol. The second-order valence-corrected chi connectivity index (χ2v) is 7.35. The molecule has 2 N–H and O–H groups in total. The maximum atomic E-state index is 12.1. The van der Waals surface area contributed by atoms with Crippen molar-refractivity contribution >= 4 is 6.09 Å². The number of amides is 1. The highest BCUT2D eigenvalue weighted by molar-refractivity contribution is 5.67. The van der Waals surface area contributed by atoms with E-state index in [9.17, 15) is 18.0 Å². The quantitative estimate of drug-likeness (QED) is 0.723. The van der Waals surface area contributed by atoms with Gasteiger partial charge in [-0.05, 0) is 58.4 Å². The number of alkyl carbamates (subject to hydrolysis) is 1. The van der Waals surface area contributed by atoms with Crippen molar-refractivity contribution in [2.45, 2.75) is 64.7 Å². The Morgan fingerprint density at radius 3 is 2.30 bits per heavy atom. The van der Waals surface area contributed by atoms with E-state index in [0.717, 1.165) is 25.7 Å². The highest BCUT2D eigenvalue weighted by Gasteiger charge is 2.27. The van der Waals surface area contributed by atoms with Crippen LogP contribution < -0.4 is 10.6 Å². The lowest BCUT2D eigenvalue weighted by atomic mass is 9.81. The number of carbonyl (C=O) groups excluding carboxylic acids is 1. The summed E-state index contributed by atoms with van der Waals surface area (Å²) in [5.74, 6) is 0.744. The molecule has 0 radical (unpaired) electrons. The average Bonchev–Trinajstić information content (AvgIpc) is 2.39.